The van der Waals surface area contributed by atoms with Gasteiger partial charge in [-0.2, -0.15) is 0 Å². The van der Waals surface area contributed by atoms with Gasteiger partial charge in [-0.3, -0.25) is 0 Å². The second-order valence-electron chi connectivity index (χ2n) is 4.82. The largest absolute Gasteiger partial charge is 0.493 e. The van der Waals surface area contributed by atoms with Gasteiger partial charge in [0.1, 0.15) is 6.29 Å². The van der Waals surface area contributed by atoms with E-state index in [4.69, 9.17) is 9.47 Å². The van der Waals surface area contributed by atoms with Crippen molar-refractivity contribution in [1.82, 2.24) is 0 Å². The molecule has 1 saturated carbocycles. The molecular weight excluding hydrogens is 308 g/mol. The van der Waals surface area contributed by atoms with Crippen LogP contribution in [0.3, 0.4) is 0 Å². The van der Waals surface area contributed by atoms with Crippen molar-refractivity contribution in [2.24, 2.45) is 0 Å². The number of hydrogen-bond donors (Lipinski definition) is 0. The standard InChI is InChI=1S/C15H19BrO3/c1-18-14-9-11(5-4-8-17)13(16)10-15(14)19-12-6-2-3-7-12/h8-10,12H,2-7H2,1H3. The summed E-state index contributed by atoms with van der Waals surface area (Å²) in [5.41, 5.74) is 1.07. The quantitative estimate of drug-likeness (QED) is 0.743. The summed E-state index contributed by atoms with van der Waals surface area (Å²) in [5.74, 6) is 1.53. The molecule has 0 bridgehead atoms. The highest BCUT2D eigenvalue weighted by Crippen LogP contribution is 2.36. The number of aryl methyl sites for hydroxylation is 1. The summed E-state index contributed by atoms with van der Waals surface area (Å²) in [4.78, 5) is 10.5. The van der Waals surface area contributed by atoms with Crippen LogP contribution in [0, 0.1) is 0 Å². The van der Waals surface area contributed by atoms with Crippen LogP contribution < -0.4 is 9.47 Å². The minimum Gasteiger partial charge on any atom is -0.493 e. The number of hydrogen-bond acceptors (Lipinski definition) is 3. The lowest BCUT2D eigenvalue weighted by atomic mass is 10.1. The average Bonchev–Trinajstić information content (AvgIpc) is 2.91. The topological polar surface area (TPSA) is 35.5 Å². The summed E-state index contributed by atoms with van der Waals surface area (Å²) in [6, 6.07) is 3.91. The van der Waals surface area contributed by atoms with Crippen molar-refractivity contribution in [3.63, 3.8) is 0 Å². The third-order valence-electron chi connectivity index (χ3n) is 3.46. The Balaban J connectivity index is 2.17. The normalized spacial score (nSPS) is 15.5. The Morgan fingerprint density at radius 3 is 2.68 bits per heavy atom. The zero-order valence-electron chi connectivity index (χ0n) is 11.2. The summed E-state index contributed by atoms with van der Waals surface area (Å²) in [6.07, 6.45) is 7.19. The zero-order chi connectivity index (χ0) is 13.7. The summed E-state index contributed by atoms with van der Waals surface area (Å²) >= 11 is 3.54. The summed E-state index contributed by atoms with van der Waals surface area (Å²) in [7, 11) is 1.65. The van der Waals surface area contributed by atoms with Gasteiger partial charge >= 0.3 is 0 Å². The van der Waals surface area contributed by atoms with Crippen LogP contribution in [0.4, 0.5) is 0 Å². The predicted octanol–water partition coefficient (Wildman–Crippen LogP) is 3.91. The highest BCUT2D eigenvalue weighted by molar-refractivity contribution is 9.10. The van der Waals surface area contributed by atoms with Gasteiger partial charge in [-0.1, -0.05) is 15.9 Å². The molecule has 1 aromatic carbocycles. The Morgan fingerprint density at radius 2 is 2.05 bits per heavy atom. The van der Waals surface area contributed by atoms with Crippen LogP contribution in [0.5, 0.6) is 11.5 Å². The highest BCUT2D eigenvalue weighted by Gasteiger charge is 2.19. The van der Waals surface area contributed by atoms with E-state index in [9.17, 15) is 4.79 Å². The molecule has 1 aliphatic carbocycles. The fourth-order valence-corrected chi connectivity index (χ4v) is 2.94. The number of methoxy groups -OCH3 is 1. The fourth-order valence-electron chi connectivity index (χ4n) is 2.42. The van der Waals surface area contributed by atoms with Gasteiger partial charge in [-0.05, 0) is 49.8 Å². The molecule has 2 rings (SSSR count). The van der Waals surface area contributed by atoms with E-state index in [1.807, 2.05) is 12.1 Å². The van der Waals surface area contributed by atoms with Crippen LogP contribution >= 0.6 is 15.9 Å². The number of carbonyl (C=O) groups is 1. The lowest BCUT2D eigenvalue weighted by Gasteiger charge is -2.17. The zero-order valence-corrected chi connectivity index (χ0v) is 12.7. The van der Waals surface area contributed by atoms with Gasteiger partial charge in [-0.25, -0.2) is 0 Å². The molecule has 0 aromatic heterocycles. The molecule has 4 heteroatoms. The van der Waals surface area contributed by atoms with Crippen molar-refractivity contribution in [1.29, 1.82) is 0 Å². The Bertz CT molecular complexity index is 439. The van der Waals surface area contributed by atoms with Crippen molar-refractivity contribution in [3.05, 3.63) is 22.2 Å². The highest BCUT2D eigenvalue weighted by atomic mass is 79.9. The molecule has 0 N–H and O–H groups in total. The van der Waals surface area contributed by atoms with Crippen molar-refractivity contribution >= 4 is 22.2 Å². The molecule has 0 unspecified atom stereocenters. The van der Waals surface area contributed by atoms with E-state index >= 15 is 0 Å². The Hall–Kier alpha value is -1.03. The number of halogens is 1. The first-order valence-electron chi connectivity index (χ1n) is 6.71. The van der Waals surface area contributed by atoms with Gasteiger partial charge < -0.3 is 14.3 Å². The third kappa shape index (κ3) is 3.72. The van der Waals surface area contributed by atoms with Crippen LogP contribution in [0.2, 0.25) is 0 Å². The van der Waals surface area contributed by atoms with E-state index in [0.717, 1.165) is 40.7 Å². The molecule has 3 nitrogen and oxygen atoms in total. The first-order chi connectivity index (χ1) is 9.24. The SMILES string of the molecule is COc1cc(CCC=O)c(Br)cc1OC1CCCC1. The number of carbonyl (C=O) groups excluding carboxylic acids is 1. The molecule has 1 aliphatic rings. The molecule has 19 heavy (non-hydrogen) atoms. The number of ether oxygens (including phenoxy) is 2. The molecule has 0 heterocycles. The first-order valence-corrected chi connectivity index (χ1v) is 7.50. The second kappa shape index (κ2) is 6.94. The van der Waals surface area contributed by atoms with Crippen LogP contribution in [0.25, 0.3) is 0 Å². The van der Waals surface area contributed by atoms with Crippen LogP contribution in [0.1, 0.15) is 37.7 Å². The molecule has 0 saturated heterocycles. The molecule has 0 aliphatic heterocycles. The van der Waals surface area contributed by atoms with Gasteiger partial charge in [-0.15, -0.1) is 0 Å². The maximum Gasteiger partial charge on any atom is 0.162 e. The number of benzene rings is 1. The van der Waals surface area contributed by atoms with E-state index < -0.39 is 0 Å². The minimum atomic E-state index is 0.307. The van der Waals surface area contributed by atoms with E-state index in [2.05, 4.69) is 15.9 Å². The fraction of sp³-hybridized carbons (Fsp3) is 0.533. The average molecular weight is 327 g/mol. The molecule has 0 radical (unpaired) electrons. The summed E-state index contributed by atoms with van der Waals surface area (Å²) in [6.45, 7) is 0. The monoisotopic (exact) mass is 326 g/mol. The van der Waals surface area contributed by atoms with Crippen LogP contribution in [-0.2, 0) is 11.2 Å². The Labute approximate surface area is 122 Å². The predicted molar refractivity (Wildman–Crippen MR) is 78.0 cm³/mol. The number of aldehydes is 1. The van der Waals surface area contributed by atoms with Gasteiger partial charge in [0.15, 0.2) is 11.5 Å². The molecule has 0 spiro atoms. The van der Waals surface area contributed by atoms with E-state index in [1.54, 1.807) is 7.11 Å². The maximum atomic E-state index is 10.5. The van der Waals surface area contributed by atoms with Gasteiger partial charge in [0, 0.05) is 10.9 Å². The number of rotatable bonds is 6. The van der Waals surface area contributed by atoms with Gasteiger partial charge in [0.25, 0.3) is 0 Å². The van der Waals surface area contributed by atoms with Crippen LogP contribution in [0.15, 0.2) is 16.6 Å². The summed E-state index contributed by atoms with van der Waals surface area (Å²) < 4.78 is 12.4. The second-order valence-corrected chi connectivity index (χ2v) is 5.68. The lowest BCUT2D eigenvalue weighted by Crippen LogP contribution is -2.11. The van der Waals surface area contributed by atoms with Crippen molar-refractivity contribution < 1.29 is 14.3 Å². The van der Waals surface area contributed by atoms with Crippen LogP contribution in [-0.4, -0.2) is 19.5 Å². The van der Waals surface area contributed by atoms with Crippen molar-refractivity contribution in [3.8, 4) is 11.5 Å². The van der Waals surface area contributed by atoms with Gasteiger partial charge in [0.05, 0.1) is 13.2 Å². The maximum absolute atomic E-state index is 10.5. The van der Waals surface area contributed by atoms with Gasteiger partial charge in [0.2, 0.25) is 0 Å². The molecular formula is C15H19BrO3. The Kier molecular flexibility index (Phi) is 5.25. The van der Waals surface area contributed by atoms with E-state index in [1.165, 1.54) is 12.8 Å². The lowest BCUT2D eigenvalue weighted by molar-refractivity contribution is -0.107. The molecule has 0 amide bonds. The molecule has 104 valence electrons. The van der Waals surface area contributed by atoms with E-state index in [-0.39, 0.29) is 0 Å². The first kappa shape index (κ1) is 14.4. The summed E-state index contributed by atoms with van der Waals surface area (Å²) in [5, 5.41) is 0. The smallest absolute Gasteiger partial charge is 0.162 e. The molecule has 0 atom stereocenters. The molecule has 1 fully saturated rings. The van der Waals surface area contributed by atoms with Crippen molar-refractivity contribution in [2.45, 2.75) is 44.6 Å². The molecule has 1 aromatic rings. The van der Waals surface area contributed by atoms with Crippen molar-refractivity contribution in [2.75, 3.05) is 7.11 Å². The van der Waals surface area contributed by atoms with E-state index in [0.29, 0.717) is 18.9 Å². The minimum absolute atomic E-state index is 0.307. The third-order valence-corrected chi connectivity index (χ3v) is 4.20. The Morgan fingerprint density at radius 1 is 1.32 bits per heavy atom.